The minimum absolute atomic E-state index is 0.0292. The van der Waals surface area contributed by atoms with E-state index in [1.54, 1.807) is 19.1 Å². The normalized spacial score (nSPS) is 14.0. The van der Waals surface area contributed by atoms with Crippen molar-refractivity contribution in [2.45, 2.75) is 23.5 Å². The third kappa shape index (κ3) is 5.98. The molecule has 0 aromatic heterocycles. The molecule has 1 aromatic carbocycles. The number of hydrogen-bond acceptors (Lipinski definition) is 4. The lowest BCUT2D eigenvalue weighted by molar-refractivity contribution is 0.305. The molecule has 0 spiro atoms. The van der Waals surface area contributed by atoms with Crippen molar-refractivity contribution < 1.29 is 17.7 Å². The average Bonchev–Trinajstić information content (AvgIpc) is 2.45. The van der Waals surface area contributed by atoms with Crippen LogP contribution in [-0.4, -0.2) is 42.4 Å². The van der Waals surface area contributed by atoms with Gasteiger partial charge in [-0.3, -0.25) is 4.21 Å². The fourth-order valence-electron chi connectivity index (χ4n) is 1.39. The molecular formula is C14H19NO4S2. The molecule has 5 nitrogen and oxygen atoms in total. The smallest absolute Gasteiger partial charge is 0.240 e. The van der Waals surface area contributed by atoms with Crippen molar-refractivity contribution in [1.29, 1.82) is 0 Å². The van der Waals surface area contributed by atoms with Gasteiger partial charge in [0.25, 0.3) is 0 Å². The summed E-state index contributed by atoms with van der Waals surface area (Å²) in [6.07, 6.45) is 1.88. The molecule has 0 fully saturated rings. The lowest BCUT2D eigenvalue weighted by Gasteiger charge is -2.10. The molecule has 7 heteroatoms. The number of benzene rings is 1. The SMILES string of the molecule is CC(CNS(=O)(=O)c1cccc(C#CCCO)c1)S(C)=O. The summed E-state index contributed by atoms with van der Waals surface area (Å²) < 4.78 is 38.0. The summed E-state index contributed by atoms with van der Waals surface area (Å²) >= 11 is 0. The van der Waals surface area contributed by atoms with E-state index in [9.17, 15) is 12.6 Å². The van der Waals surface area contributed by atoms with Crippen LogP contribution in [0.2, 0.25) is 0 Å². The van der Waals surface area contributed by atoms with E-state index in [0.29, 0.717) is 12.0 Å². The third-order valence-corrected chi connectivity index (χ3v) is 5.46. The Hall–Kier alpha value is -1.20. The number of sulfonamides is 1. The third-order valence-electron chi connectivity index (χ3n) is 2.74. The molecule has 0 aliphatic heterocycles. The highest BCUT2D eigenvalue weighted by Crippen LogP contribution is 2.11. The van der Waals surface area contributed by atoms with Crippen LogP contribution in [0.25, 0.3) is 0 Å². The Bertz CT molecular complexity index is 659. The molecule has 1 aromatic rings. The largest absolute Gasteiger partial charge is 0.395 e. The molecule has 0 aliphatic carbocycles. The fourth-order valence-corrected chi connectivity index (χ4v) is 2.99. The average molecular weight is 329 g/mol. The molecule has 2 unspecified atom stereocenters. The van der Waals surface area contributed by atoms with Gasteiger partial charge in [-0.05, 0) is 25.1 Å². The van der Waals surface area contributed by atoms with Crippen molar-refractivity contribution >= 4 is 20.8 Å². The molecule has 2 atom stereocenters. The van der Waals surface area contributed by atoms with Crippen LogP contribution in [0, 0.1) is 11.8 Å². The summed E-state index contributed by atoms with van der Waals surface area (Å²) in [6.45, 7) is 1.81. The summed E-state index contributed by atoms with van der Waals surface area (Å²) in [5, 5.41) is 8.40. The van der Waals surface area contributed by atoms with Gasteiger partial charge in [-0.15, -0.1) is 0 Å². The van der Waals surface area contributed by atoms with E-state index in [1.807, 2.05) is 0 Å². The first-order valence-electron chi connectivity index (χ1n) is 6.38. The molecular weight excluding hydrogens is 310 g/mol. The zero-order valence-corrected chi connectivity index (χ0v) is 13.6. The minimum Gasteiger partial charge on any atom is -0.395 e. The van der Waals surface area contributed by atoms with Crippen LogP contribution in [-0.2, 0) is 20.8 Å². The van der Waals surface area contributed by atoms with Gasteiger partial charge in [0, 0.05) is 40.8 Å². The monoisotopic (exact) mass is 329 g/mol. The first-order chi connectivity index (χ1) is 9.86. The van der Waals surface area contributed by atoms with E-state index in [0.717, 1.165) is 0 Å². The number of aliphatic hydroxyl groups excluding tert-OH is 1. The van der Waals surface area contributed by atoms with Gasteiger partial charge >= 0.3 is 0 Å². The Morgan fingerprint density at radius 3 is 2.76 bits per heavy atom. The molecule has 0 bridgehead atoms. The summed E-state index contributed by atoms with van der Waals surface area (Å²) in [5.41, 5.74) is 0.568. The molecule has 1 rings (SSSR count). The zero-order chi connectivity index (χ0) is 15.9. The standard InChI is InChI=1S/C14H19NO4S2/c1-12(20(2)17)11-15-21(18,19)14-8-5-7-13(10-14)6-3-4-9-16/h5,7-8,10,12,15-16H,4,9,11H2,1-2H3. The van der Waals surface area contributed by atoms with Gasteiger partial charge in [0.15, 0.2) is 0 Å². The van der Waals surface area contributed by atoms with Crippen LogP contribution >= 0.6 is 0 Å². The molecule has 0 aliphatic rings. The second-order valence-electron chi connectivity index (χ2n) is 4.46. The van der Waals surface area contributed by atoms with E-state index < -0.39 is 20.8 Å². The van der Waals surface area contributed by atoms with Crippen LogP contribution < -0.4 is 4.72 Å². The molecule has 21 heavy (non-hydrogen) atoms. The van der Waals surface area contributed by atoms with Crippen molar-refractivity contribution in [1.82, 2.24) is 4.72 Å². The number of aliphatic hydroxyl groups is 1. The van der Waals surface area contributed by atoms with E-state index >= 15 is 0 Å². The molecule has 116 valence electrons. The van der Waals surface area contributed by atoms with Crippen LogP contribution in [0.3, 0.4) is 0 Å². The van der Waals surface area contributed by atoms with Gasteiger partial charge in [0.05, 0.1) is 11.5 Å². The number of hydrogen-bond donors (Lipinski definition) is 2. The Morgan fingerprint density at radius 1 is 1.43 bits per heavy atom. The van der Waals surface area contributed by atoms with Gasteiger partial charge < -0.3 is 5.11 Å². The summed E-state index contributed by atoms with van der Waals surface area (Å²) in [4.78, 5) is 0.118. The minimum atomic E-state index is -3.64. The molecule has 0 amide bonds. The Balaban J connectivity index is 2.87. The van der Waals surface area contributed by atoms with Crippen LogP contribution in [0.1, 0.15) is 18.9 Å². The van der Waals surface area contributed by atoms with Crippen molar-refractivity contribution in [3.05, 3.63) is 29.8 Å². The summed E-state index contributed by atoms with van der Waals surface area (Å²) in [6, 6.07) is 6.26. The summed E-state index contributed by atoms with van der Waals surface area (Å²) in [7, 11) is -4.73. The van der Waals surface area contributed by atoms with Gasteiger partial charge in [-0.2, -0.15) is 0 Å². The fraction of sp³-hybridized carbons (Fsp3) is 0.429. The molecule has 0 heterocycles. The van der Waals surface area contributed by atoms with E-state index in [2.05, 4.69) is 16.6 Å². The molecule has 0 saturated heterocycles. The second kappa shape index (κ2) is 8.29. The number of rotatable bonds is 6. The van der Waals surface area contributed by atoms with Gasteiger partial charge in [0.2, 0.25) is 10.0 Å². The van der Waals surface area contributed by atoms with Crippen molar-refractivity contribution in [2.24, 2.45) is 0 Å². The quantitative estimate of drug-likeness (QED) is 0.743. The summed E-state index contributed by atoms with van der Waals surface area (Å²) in [5.74, 6) is 5.53. The van der Waals surface area contributed by atoms with E-state index in [-0.39, 0.29) is 23.3 Å². The maximum atomic E-state index is 12.1. The molecule has 0 radical (unpaired) electrons. The Labute approximate surface area is 128 Å². The van der Waals surface area contributed by atoms with Gasteiger partial charge in [-0.25, -0.2) is 13.1 Å². The van der Waals surface area contributed by atoms with E-state index in [1.165, 1.54) is 18.4 Å². The Kier molecular flexibility index (Phi) is 7.05. The van der Waals surface area contributed by atoms with E-state index in [4.69, 9.17) is 5.11 Å². The lowest BCUT2D eigenvalue weighted by atomic mass is 10.2. The van der Waals surface area contributed by atoms with Gasteiger partial charge in [0.1, 0.15) is 0 Å². The maximum absolute atomic E-state index is 12.1. The topological polar surface area (TPSA) is 83.5 Å². The first kappa shape index (κ1) is 17.9. The highest BCUT2D eigenvalue weighted by atomic mass is 32.2. The van der Waals surface area contributed by atoms with Gasteiger partial charge in [-0.1, -0.05) is 17.9 Å². The Morgan fingerprint density at radius 2 is 2.14 bits per heavy atom. The van der Waals surface area contributed by atoms with Crippen molar-refractivity contribution in [2.75, 3.05) is 19.4 Å². The predicted octanol–water partition coefficient (Wildman–Crippen LogP) is 0.466. The first-order valence-corrected chi connectivity index (χ1v) is 9.49. The second-order valence-corrected chi connectivity index (χ2v) is 8.03. The lowest BCUT2D eigenvalue weighted by Crippen LogP contribution is -2.32. The highest BCUT2D eigenvalue weighted by Gasteiger charge is 2.16. The van der Waals surface area contributed by atoms with Crippen LogP contribution in [0.15, 0.2) is 29.2 Å². The predicted molar refractivity (Wildman–Crippen MR) is 83.7 cm³/mol. The van der Waals surface area contributed by atoms with Crippen LogP contribution in [0.5, 0.6) is 0 Å². The van der Waals surface area contributed by atoms with Crippen LogP contribution in [0.4, 0.5) is 0 Å². The molecule has 0 saturated carbocycles. The molecule has 2 N–H and O–H groups in total. The van der Waals surface area contributed by atoms with Crippen molar-refractivity contribution in [3.63, 3.8) is 0 Å². The number of nitrogens with one attached hydrogen (secondary N) is 1. The highest BCUT2D eigenvalue weighted by molar-refractivity contribution is 7.89. The maximum Gasteiger partial charge on any atom is 0.240 e. The zero-order valence-electron chi connectivity index (χ0n) is 12.0. The van der Waals surface area contributed by atoms with Crippen molar-refractivity contribution in [3.8, 4) is 11.8 Å².